The van der Waals surface area contributed by atoms with Crippen molar-refractivity contribution in [1.29, 1.82) is 0 Å². The van der Waals surface area contributed by atoms with Crippen LogP contribution in [-0.4, -0.2) is 29.8 Å². The molecule has 98 valence electrons. The lowest BCUT2D eigenvalue weighted by Gasteiger charge is -2.30. The lowest BCUT2D eigenvalue weighted by atomic mass is 10.1. The van der Waals surface area contributed by atoms with Gasteiger partial charge in [0.25, 0.3) is 0 Å². The van der Waals surface area contributed by atoms with Crippen molar-refractivity contribution < 1.29 is 23.1 Å². The highest BCUT2D eigenvalue weighted by Crippen LogP contribution is 2.36. The second kappa shape index (κ2) is 4.51. The molecule has 1 aromatic rings. The maximum Gasteiger partial charge on any atom is 0.409 e. The number of benzene rings is 1. The standard InChI is InChI=1S/C12H12F3NO2/c13-12(14,15)10(7-11(17)18)16-6-5-8-3-1-2-4-9(8)16/h1-4,10H,5-7H2,(H,17,18). The third-order valence-corrected chi connectivity index (χ3v) is 3.05. The van der Waals surface area contributed by atoms with Crippen molar-refractivity contribution in [3.05, 3.63) is 29.8 Å². The van der Waals surface area contributed by atoms with E-state index in [1.807, 2.05) is 0 Å². The summed E-state index contributed by atoms with van der Waals surface area (Å²) in [6, 6.07) is 4.83. The fourth-order valence-electron chi connectivity index (χ4n) is 2.26. The highest BCUT2D eigenvalue weighted by Gasteiger charge is 2.46. The van der Waals surface area contributed by atoms with E-state index in [0.29, 0.717) is 12.1 Å². The molecule has 3 nitrogen and oxygen atoms in total. The molecule has 18 heavy (non-hydrogen) atoms. The fourth-order valence-corrected chi connectivity index (χ4v) is 2.26. The van der Waals surface area contributed by atoms with E-state index in [2.05, 4.69) is 0 Å². The Bertz CT molecular complexity index is 459. The van der Waals surface area contributed by atoms with Crippen LogP contribution in [0.1, 0.15) is 12.0 Å². The van der Waals surface area contributed by atoms with Gasteiger partial charge in [0.15, 0.2) is 0 Å². The van der Waals surface area contributed by atoms with E-state index in [4.69, 9.17) is 5.11 Å². The largest absolute Gasteiger partial charge is 0.481 e. The zero-order chi connectivity index (χ0) is 13.3. The van der Waals surface area contributed by atoms with Gasteiger partial charge in [-0.25, -0.2) is 0 Å². The van der Waals surface area contributed by atoms with Crippen molar-refractivity contribution in [3.63, 3.8) is 0 Å². The van der Waals surface area contributed by atoms with Crippen LogP contribution in [-0.2, 0) is 11.2 Å². The second-order valence-corrected chi connectivity index (χ2v) is 4.23. The Balaban J connectivity index is 2.31. The molecule has 1 N–H and O–H groups in total. The molecule has 1 aliphatic rings. The zero-order valence-electron chi connectivity index (χ0n) is 9.44. The number of hydrogen-bond donors (Lipinski definition) is 1. The number of fused-ring (bicyclic) bond motifs is 1. The molecule has 0 aliphatic carbocycles. The second-order valence-electron chi connectivity index (χ2n) is 4.23. The van der Waals surface area contributed by atoms with Crippen molar-refractivity contribution in [1.82, 2.24) is 0 Å². The number of anilines is 1. The molecule has 0 amide bonds. The van der Waals surface area contributed by atoms with Crippen LogP contribution >= 0.6 is 0 Å². The van der Waals surface area contributed by atoms with Gasteiger partial charge in [-0.15, -0.1) is 0 Å². The Kier molecular flexibility index (Phi) is 3.19. The molecule has 0 saturated heterocycles. The average Bonchev–Trinajstić information content (AvgIpc) is 2.67. The maximum atomic E-state index is 12.9. The minimum atomic E-state index is -4.55. The van der Waals surface area contributed by atoms with Gasteiger partial charge in [-0.2, -0.15) is 13.2 Å². The van der Waals surface area contributed by atoms with E-state index >= 15 is 0 Å². The number of rotatable bonds is 3. The first-order valence-electron chi connectivity index (χ1n) is 5.52. The number of nitrogens with zero attached hydrogens (tertiary/aromatic N) is 1. The first kappa shape index (κ1) is 12.7. The van der Waals surface area contributed by atoms with Crippen LogP contribution in [0.15, 0.2) is 24.3 Å². The molecule has 1 unspecified atom stereocenters. The van der Waals surface area contributed by atoms with Crippen molar-refractivity contribution in [2.75, 3.05) is 11.4 Å². The first-order valence-corrected chi connectivity index (χ1v) is 5.52. The number of carbonyl (C=O) groups is 1. The molecule has 0 bridgehead atoms. The van der Waals surface area contributed by atoms with Crippen molar-refractivity contribution in [2.24, 2.45) is 0 Å². The van der Waals surface area contributed by atoms with Crippen molar-refractivity contribution >= 4 is 11.7 Å². The molecule has 1 atom stereocenters. The van der Waals surface area contributed by atoms with Crippen molar-refractivity contribution in [3.8, 4) is 0 Å². The number of halogens is 3. The van der Waals surface area contributed by atoms with E-state index in [1.165, 1.54) is 0 Å². The van der Waals surface area contributed by atoms with Gasteiger partial charge in [0, 0.05) is 12.2 Å². The van der Waals surface area contributed by atoms with E-state index < -0.39 is 24.6 Å². The number of hydrogen-bond acceptors (Lipinski definition) is 2. The highest BCUT2D eigenvalue weighted by atomic mass is 19.4. The van der Waals surface area contributed by atoms with Crippen LogP contribution in [0.5, 0.6) is 0 Å². The van der Waals surface area contributed by atoms with Crippen LogP contribution in [0.25, 0.3) is 0 Å². The summed E-state index contributed by atoms with van der Waals surface area (Å²) in [6.45, 7) is 0.205. The predicted molar refractivity (Wildman–Crippen MR) is 59.6 cm³/mol. The quantitative estimate of drug-likeness (QED) is 0.906. The van der Waals surface area contributed by atoms with Crippen LogP contribution in [0.4, 0.5) is 18.9 Å². The number of alkyl halides is 3. The molecule has 0 aromatic heterocycles. The van der Waals surface area contributed by atoms with Gasteiger partial charge in [0.05, 0.1) is 6.42 Å². The third kappa shape index (κ3) is 2.42. The highest BCUT2D eigenvalue weighted by molar-refractivity contribution is 5.69. The summed E-state index contributed by atoms with van der Waals surface area (Å²) in [5.41, 5.74) is 1.32. The summed E-state index contributed by atoms with van der Waals surface area (Å²) >= 11 is 0. The Morgan fingerprint density at radius 3 is 2.67 bits per heavy atom. The topological polar surface area (TPSA) is 40.5 Å². The van der Waals surface area contributed by atoms with E-state index in [1.54, 1.807) is 24.3 Å². The van der Waals surface area contributed by atoms with Gasteiger partial charge in [-0.05, 0) is 18.1 Å². The summed E-state index contributed by atoms with van der Waals surface area (Å²) in [6.07, 6.45) is -4.96. The van der Waals surface area contributed by atoms with Crippen LogP contribution in [0.3, 0.4) is 0 Å². The minimum Gasteiger partial charge on any atom is -0.481 e. The van der Waals surface area contributed by atoms with Gasteiger partial charge in [-0.3, -0.25) is 4.79 Å². The SMILES string of the molecule is O=C(O)CC(N1CCc2ccccc21)C(F)(F)F. The molecule has 0 radical (unpaired) electrons. The molecule has 0 saturated carbocycles. The molecule has 0 fully saturated rings. The number of para-hydroxylation sites is 1. The monoisotopic (exact) mass is 259 g/mol. The smallest absolute Gasteiger partial charge is 0.409 e. The molecule has 2 rings (SSSR count). The van der Waals surface area contributed by atoms with Gasteiger partial charge in [-0.1, -0.05) is 18.2 Å². The number of carboxylic acid groups (broad SMARTS) is 1. The van der Waals surface area contributed by atoms with Gasteiger partial charge < -0.3 is 10.0 Å². The summed E-state index contributed by atoms with van der Waals surface area (Å²) < 4.78 is 38.8. The normalized spacial score (nSPS) is 16.5. The minimum absolute atomic E-state index is 0.205. The van der Waals surface area contributed by atoms with Gasteiger partial charge >= 0.3 is 12.1 Å². The Morgan fingerprint density at radius 1 is 1.39 bits per heavy atom. The molecular weight excluding hydrogens is 247 g/mol. The molecule has 1 heterocycles. The summed E-state index contributed by atoms with van der Waals surface area (Å²) in [4.78, 5) is 11.7. The van der Waals surface area contributed by atoms with Crippen molar-refractivity contribution in [2.45, 2.75) is 25.1 Å². The summed E-state index contributed by atoms with van der Waals surface area (Å²) in [5, 5.41) is 8.63. The Labute approximate surface area is 102 Å². The van der Waals surface area contributed by atoms with Crippen LogP contribution < -0.4 is 4.90 Å². The number of carboxylic acids is 1. The van der Waals surface area contributed by atoms with E-state index in [-0.39, 0.29) is 6.54 Å². The first-order chi connectivity index (χ1) is 8.39. The molecule has 1 aromatic carbocycles. The predicted octanol–water partition coefficient (Wildman–Crippen LogP) is 2.45. The lowest BCUT2D eigenvalue weighted by Crippen LogP contribution is -2.46. The summed E-state index contributed by atoms with van der Waals surface area (Å²) in [7, 11) is 0. The Hall–Kier alpha value is -1.72. The number of aliphatic carboxylic acids is 1. The maximum absolute atomic E-state index is 12.9. The molecule has 0 spiro atoms. The molecular formula is C12H12F3NO2. The van der Waals surface area contributed by atoms with Crippen LogP contribution in [0, 0.1) is 0 Å². The summed E-state index contributed by atoms with van der Waals surface area (Å²) in [5.74, 6) is -1.44. The van der Waals surface area contributed by atoms with E-state index in [0.717, 1.165) is 10.5 Å². The Morgan fingerprint density at radius 2 is 2.06 bits per heavy atom. The lowest BCUT2D eigenvalue weighted by molar-refractivity contribution is -0.161. The molecule has 6 heteroatoms. The molecule has 1 aliphatic heterocycles. The van der Waals surface area contributed by atoms with E-state index in [9.17, 15) is 18.0 Å². The zero-order valence-corrected chi connectivity index (χ0v) is 9.44. The average molecular weight is 259 g/mol. The van der Waals surface area contributed by atoms with Gasteiger partial charge in [0.2, 0.25) is 0 Å². The van der Waals surface area contributed by atoms with Crippen LogP contribution in [0.2, 0.25) is 0 Å². The van der Waals surface area contributed by atoms with Gasteiger partial charge in [0.1, 0.15) is 6.04 Å². The fraction of sp³-hybridized carbons (Fsp3) is 0.417. The third-order valence-electron chi connectivity index (χ3n) is 3.05.